The number of aryl methyl sites for hydroxylation is 1. The van der Waals surface area contributed by atoms with Crippen molar-refractivity contribution in [2.24, 2.45) is 0 Å². The molecule has 1 atom stereocenters. The minimum Gasteiger partial charge on any atom is -0.462 e. The third kappa shape index (κ3) is 3.85. The lowest BCUT2D eigenvalue weighted by molar-refractivity contribution is -0.111. The van der Waals surface area contributed by atoms with Crippen LogP contribution in [0.25, 0.3) is 6.08 Å². The SMILES string of the molecule is Cc1ccc(/C=C\C(=O)Nc2cnn(C[C@@H]3CCCO3)c2)o1. The van der Waals surface area contributed by atoms with E-state index in [1.807, 2.05) is 25.3 Å². The summed E-state index contributed by atoms with van der Waals surface area (Å²) in [5, 5.41) is 7.01. The molecule has 0 spiro atoms. The number of ether oxygens (including phenoxy) is 1. The summed E-state index contributed by atoms with van der Waals surface area (Å²) < 4.78 is 12.7. The van der Waals surface area contributed by atoms with Crippen LogP contribution in [0, 0.1) is 6.92 Å². The van der Waals surface area contributed by atoms with Crippen LogP contribution < -0.4 is 5.32 Å². The molecule has 0 bridgehead atoms. The van der Waals surface area contributed by atoms with Crippen molar-refractivity contribution in [1.82, 2.24) is 9.78 Å². The number of amides is 1. The molecule has 0 saturated carbocycles. The summed E-state index contributed by atoms with van der Waals surface area (Å²) in [6.07, 6.45) is 8.92. The van der Waals surface area contributed by atoms with Crippen molar-refractivity contribution in [3.8, 4) is 0 Å². The van der Waals surface area contributed by atoms with E-state index < -0.39 is 0 Å². The largest absolute Gasteiger partial charge is 0.462 e. The van der Waals surface area contributed by atoms with Gasteiger partial charge in [-0.3, -0.25) is 9.48 Å². The van der Waals surface area contributed by atoms with Gasteiger partial charge in [0, 0.05) is 18.9 Å². The molecule has 1 amide bonds. The molecule has 116 valence electrons. The number of anilines is 1. The Balaban J connectivity index is 1.53. The van der Waals surface area contributed by atoms with E-state index in [4.69, 9.17) is 9.15 Å². The van der Waals surface area contributed by atoms with Crippen LogP contribution >= 0.6 is 0 Å². The zero-order valence-electron chi connectivity index (χ0n) is 12.5. The van der Waals surface area contributed by atoms with Crippen molar-refractivity contribution >= 4 is 17.7 Å². The van der Waals surface area contributed by atoms with Gasteiger partial charge in [-0.25, -0.2) is 0 Å². The van der Waals surface area contributed by atoms with E-state index in [0.29, 0.717) is 11.4 Å². The number of rotatable bonds is 5. The lowest BCUT2D eigenvalue weighted by Crippen LogP contribution is -2.15. The van der Waals surface area contributed by atoms with Crippen LogP contribution in [0.3, 0.4) is 0 Å². The Labute approximate surface area is 128 Å². The van der Waals surface area contributed by atoms with Gasteiger partial charge in [0.1, 0.15) is 11.5 Å². The molecule has 2 aromatic heterocycles. The molecule has 2 aromatic rings. The predicted octanol–water partition coefficient (Wildman–Crippen LogP) is 2.62. The second kappa shape index (κ2) is 6.62. The van der Waals surface area contributed by atoms with Gasteiger partial charge in [-0.15, -0.1) is 0 Å². The third-order valence-corrected chi connectivity index (χ3v) is 3.48. The standard InChI is InChI=1S/C16H19N3O3/c1-12-4-5-14(22-12)6-7-16(20)18-13-9-17-19(10-13)11-15-3-2-8-21-15/h4-7,9-10,15H,2-3,8,11H2,1H3,(H,18,20)/b7-6-/t15-/m0/s1. The summed E-state index contributed by atoms with van der Waals surface area (Å²) in [5.74, 6) is 1.25. The Morgan fingerprint density at radius 3 is 3.18 bits per heavy atom. The zero-order chi connectivity index (χ0) is 15.4. The number of hydrogen-bond acceptors (Lipinski definition) is 4. The van der Waals surface area contributed by atoms with E-state index >= 15 is 0 Å². The Morgan fingerprint density at radius 1 is 1.55 bits per heavy atom. The highest BCUT2D eigenvalue weighted by Crippen LogP contribution is 2.15. The van der Waals surface area contributed by atoms with Crippen LogP contribution in [0.1, 0.15) is 24.4 Å². The van der Waals surface area contributed by atoms with Gasteiger partial charge in [0.05, 0.1) is 24.5 Å². The van der Waals surface area contributed by atoms with Gasteiger partial charge in [0.15, 0.2) is 0 Å². The Hall–Kier alpha value is -2.34. The number of carbonyl (C=O) groups excluding carboxylic acids is 1. The van der Waals surface area contributed by atoms with Crippen LogP contribution in [-0.4, -0.2) is 28.4 Å². The summed E-state index contributed by atoms with van der Waals surface area (Å²) in [6, 6.07) is 3.67. The molecule has 6 heteroatoms. The maximum absolute atomic E-state index is 11.8. The van der Waals surface area contributed by atoms with Gasteiger partial charge in [-0.05, 0) is 38.0 Å². The van der Waals surface area contributed by atoms with Crippen molar-refractivity contribution in [1.29, 1.82) is 0 Å². The highest BCUT2D eigenvalue weighted by Gasteiger charge is 2.16. The van der Waals surface area contributed by atoms with Crippen LogP contribution in [0.2, 0.25) is 0 Å². The van der Waals surface area contributed by atoms with E-state index in [0.717, 1.165) is 31.8 Å². The predicted molar refractivity (Wildman–Crippen MR) is 82.3 cm³/mol. The first-order valence-electron chi connectivity index (χ1n) is 7.38. The molecule has 6 nitrogen and oxygen atoms in total. The molecule has 0 aromatic carbocycles. The number of nitrogens with one attached hydrogen (secondary N) is 1. The molecular formula is C16H19N3O3. The molecule has 3 heterocycles. The fourth-order valence-electron chi connectivity index (χ4n) is 2.41. The molecule has 0 unspecified atom stereocenters. The topological polar surface area (TPSA) is 69.3 Å². The lowest BCUT2D eigenvalue weighted by atomic mass is 10.2. The molecule has 1 N–H and O–H groups in total. The minimum atomic E-state index is -0.217. The van der Waals surface area contributed by atoms with Crippen LogP contribution in [0.5, 0.6) is 0 Å². The molecule has 1 aliphatic heterocycles. The first kappa shape index (κ1) is 14.6. The number of nitrogens with zero attached hydrogens (tertiary/aromatic N) is 2. The Bertz CT molecular complexity index is 666. The highest BCUT2D eigenvalue weighted by atomic mass is 16.5. The second-order valence-electron chi connectivity index (χ2n) is 5.36. The maximum Gasteiger partial charge on any atom is 0.248 e. The van der Waals surface area contributed by atoms with E-state index in [2.05, 4.69) is 10.4 Å². The van der Waals surface area contributed by atoms with Crippen molar-refractivity contribution in [3.05, 3.63) is 42.1 Å². The quantitative estimate of drug-likeness (QED) is 0.862. The third-order valence-electron chi connectivity index (χ3n) is 3.48. The van der Waals surface area contributed by atoms with E-state index in [-0.39, 0.29) is 12.0 Å². The van der Waals surface area contributed by atoms with Gasteiger partial charge in [0.2, 0.25) is 5.91 Å². The summed E-state index contributed by atoms with van der Waals surface area (Å²) in [5.41, 5.74) is 0.670. The Kier molecular flexibility index (Phi) is 4.39. The van der Waals surface area contributed by atoms with E-state index in [1.54, 1.807) is 17.0 Å². The molecular weight excluding hydrogens is 282 g/mol. The monoisotopic (exact) mass is 301 g/mol. The number of aromatic nitrogens is 2. The smallest absolute Gasteiger partial charge is 0.248 e. The van der Waals surface area contributed by atoms with Crippen molar-refractivity contribution < 1.29 is 13.9 Å². The van der Waals surface area contributed by atoms with Gasteiger partial charge in [-0.1, -0.05) is 0 Å². The molecule has 22 heavy (non-hydrogen) atoms. The number of furan rings is 1. The molecule has 0 radical (unpaired) electrons. The summed E-state index contributed by atoms with van der Waals surface area (Å²) in [7, 11) is 0. The first-order valence-corrected chi connectivity index (χ1v) is 7.38. The average molecular weight is 301 g/mol. The Morgan fingerprint density at radius 2 is 2.45 bits per heavy atom. The van der Waals surface area contributed by atoms with Gasteiger partial charge in [0.25, 0.3) is 0 Å². The van der Waals surface area contributed by atoms with Crippen molar-refractivity contribution in [2.75, 3.05) is 11.9 Å². The highest BCUT2D eigenvalue weighted by molar-refractivity contribution is 6.01. The average Bonchev–Trinajstić information content (AvgIpc) is 3.21. The first-order chi connectivity index (χ1) is 10.7. The molecule has 1 fully saturated rings. The van der Waals surface area contributed by atoms with Crippen LogP contribution in [-0.2, 0) is 16.1 Å². The lowest BCUT2D eigenvalue weighted by Gasteiger charge is -2.08. The number of hydrogen-bond donors (Lipinski definition) is 1. The van der Waals surface area contributed by atoms with Gasteiger partial charge in [-0.2, -0.15) is 5.10 Å². The molecule has 3 rings (SSSR count). The zero-order valence-corrected chi connectivity index (χ0v) is 12.5. The van der Waals surface area contributed by atoms with E-state index in [9.17, 15) is 4.79 Å². The number of carbonyl (C=O) groups is 1. The van der Waals surface area contributed by atoms with Crippen LogP contribution in [0.15, 0.2) is 35.0 Å². The van der Waals surface area contributed by atoms with Crippen molar-refractivity contribution in [2.45, 2.75) is 32.4 Å². The minimum absolute atomic E-state index is 0.217. The van der Waals surface area contributed by atoms with Gasteiger partial charge < -0.3 is 14.5 Å². The van der Waals surface area contributed by atoms with E-state index in [1.165, 1.54) is 6.08 Å². The van der Waals surface area contributed by atoms with Gasteiger partial charge >= 0.3 is 0 Å². The van der Waals surface area contributed by atoms with Crippen LogP contribution in [0.4, 0.5) is 5.69 Å². The van der Waals surface area contributed by atoms with Crippen molar-refractivity contribution in [3.63, 3.8) is 0 Å². The summed E-state index contributed by atoms with van der Waals surface area (Å²) in [6.45, 7) is 3.41. The fourth-order valence-corrected chi connectivity index (χ4v) is 2.41. The molecule has 1 aliphatic rings. The molecule has 1 saturated heterocycles. The molecule has 0 aliphatic carbocycles. The fraction of sp³-hybridized carbons (Fsp3) is 0.375. The normalized spacial score (nSPS) is 18.1. The summed E-state index contributed by atoms with van der Waals surface area (Å²) in [4.78, 5) is 11.8. The maximum atomic E-state index is 11.8. The second-order valence-corrected chi connectivity index (χ2v) is 5.36. The summed E-state index contributed by atoms with van der Waals surface area (Å²) >= 11 is 0.